The van der Waals surface area contributed by atoms with Gasteiger partial charge in [0.15, 0.2) is 0 Å². The smallest absolute Gasteiger partial charge is 0.253 e. The summed E-state index contributed by atoms with van der Waals surface area (Å²) in [6.07, 6.45) is 2.95. The number of hydrogen-bond donors (Lipinski definition) is 1. The number of hydrogen-bond acceptors (Lipinski definition) is 3. The molecule has 1 saturated carbocycles. The van der Waals surface area contributed by atoms with Gasteiger partial charge in [0, 0.05) is 32.0 Å². The van der Waals surface area contributed by atoms with Gasteiger partial charge in [-0.25, -0.2) is 0 Å². The predicted octanol–water partition coefficient (Wildman–Crippen LogP) is 1.66. The minimum absolute atomic E-state index is 0.170. The van der Waals surface area contributed by atoms with Gasteiger partial charge >= 0.3 is 0 Å². The second-order valence-corrected chi connectivity index (χ2v) is 6.81. The molecule has 3 aliphatic rings. The molecule has 2 heterocycles. The molecular weight excluding hydrogens is 238 g/mol. The molecule has 4 nitrogen and oxygen atoms in total. The van der Waals surface area contributed by atoms with Crippen molar-refractivity contribution >= 4 is 11.7 Å². The van der Waals surface area contributed by atoms with E-state index in [0.29, 0.717) is 17.8 Å². The molecule has 106 valence electrons. The Morgan fingerprint density at radius 2 is 2.26 bits per heavy atom. The van der Waals surface area contributed by atoms with E-state index < -0.39 is 5.54 Å². The molecule has 1 N–H and O–H groups in total. The number of fused-ring (bicyclic) bond motifs is 2. The first-order valence-corrected chi connectivity index (χ1v) is 7.67. The third kappa shape index (κ3) is 2.00. The van der Waals surface area contributed by atoms with Crippen molar-refractivity contribution in [2.24, 2.45) is 22.7 Å². The lowest BCUT2D eigenvalue weighted by molar-refractivity contribution is -0.125. The first kappa shape index (κ1) is 13.1. The van der Waals surface area contributed by atoms with Crippen LogP contribution in [-0.4, -0.2) is 41.8 Å². The fraction of sp³-hybridized carbons (Fsp3) is 0.867. The number of rotatable bonds is 3. The van der Waals surface area contributed by atoms with E-state index in [1.807, 2.05) is 0 Å². The molecule has 0 bridgehead atoms. The molecule has 4 heteroatoms. The van der Waals surface area contributed by atoms with Crippen molar-refractivity contribution < 1.29 is 4.79 Å². The molecule has 0 radical (unpaired) electrons. The number of carbonyl (C=O) groups is 1. The molecule has 0 aromatic heterocycles. The average Bonchev–Trinajstić information content (AvgIpc) is 2.96. The van der Waals surface area contributed by atoms with Crippen LogP contribution in [0.25, 0.3) is 0 Å². The summed E-state index contributed by atoms with van der Waals surface area (Å²) >= 11 is 0. The van der Waals surface area contributed by atoms with Gasteiger partial charge in [-0.2, -0.15) is 0 Å². The molecule has 3 rings (SSSR count). The van der Waals surface area contributed by atoms with Crippen molar-refractivity contribution in [1.29, 1.82) is 0 Å². The minimum atomic E-state index is -0.415. The molecule has 1 amide bonds. The Morgan fingerprint density at radius 1 is 1.47 bits per heavy atom. The zero-order valence-corrected chi connectivity index (χ0v) is 12.3. The second kappa shape index (κ2) is 4.58. The molecule has 0 aromatic rings. The SMILES string of the molecule is CCC1=N[C@@]2(CC[C@@H]3CN(CC(C)C)C[C@@H]32)C(=O)N1. The zero-order valence-electron chi connectivity index (χ0n) is 12.3. The van der Waals surface area contributed by atoms with E-state index in [1.165, 1.54) is 0 Å². The van der Waals surface area contributed by atoms with Crippen LogP contribution in [0.3, 0.4) is 0 Å². The first-order chi connectivity index (χ1) is 9.05. The van der Waals surface area contributed by atoms with Crippen LogP contribution in [0.5, 0.6) is 0 Å². The molecule has 0 aromatic carbocycles. The van der Waals surface area contributed by atoms with Crippen LogP contribution < -0.4 is 5.32 Å². The molecule has 2 fully saturated rings. The maximum absolute atomic E-state index is 12.4. The van der Waals surface area contributed by atoms with Crippen molar-refractivity contribution in [3.8, 4) is 0 Å². The van der Waals surface area contributed by atoms with Crippen LogP contribution in [0.15, 0.2) is 4.99 Å². The Balaban J connectivity index is 1.79. The highest BCUT2D eigenvalue weighted by molar-refractivity contribution is 6.08. The number of nitrogens with one attached hydrogen (secondary N) is 1. The molecule has 1 aliphatic carbocycles. The first-order valence-electron chi connectivity index (χ1n) is 7.67. The second-order valence-electron chi connectivity index (χ2n) is 6.81. The lowest BCUT2D eigenvalue weighted by Crippen LogP contribution is -2.45. The van der Waals surface area contributed by atoms with Crippen LogP contribution in [0, 0.1) is 17.8 Å². The Bertz CT molecular complexity index is 418. The number of amides is 1. The average molecular weight is 263 g/mol. The van der Waals surface area contributed by atoms with Crippen LogP contribution >= 0.6 is 0 Å². The summed E-state index contributed by atoms with van der Waals surface area (Å²) in [5, 5.41) is 3.00. The standard InChI is InChI=1S/C15H25N3O/c1-4-13-16-14(19)15(17-13)6-5-11-8-18(7-10(2)3)9-12(11)15/h10-12H,4-9H2,1-3H3,(H,16,17,19)/t11-,12+,15-/m1/s1. The van der Waals surface area contributed by atoms with E-state index >= 15 is 0 Å². The Labute approximate surface area is 115 Å². The van der Waals surface area contributed by atoms with Crippen molar-refractivity contribution in [1.82, 2.24) is 10.2 Å². The summed E-state index contributed by atoms with van der Waals surface area (Å²) in [4.78, 5) is 19.7. The summed E-state index contributed by atoms with van der Waals surface area (Å²) in [6, 6.07) is 0. The Hall–Kier alpha value is -0.900. The summed E-state index contributed by atoms with van der Waals surface area (Å²) < 4.78 is 0. The topological polar surface area (TPSA) is 44.7 Å². The van der Waals surface area contributed by atoms with Gasteiger partial charge in [0.2, 0.25) is 0 Å². The van der Waals surface area contributed by atoms with Crippen LogP contribution in [0.2, 0.25) is 0 Å². The summed E-state index contributed by atoms with van der Waals surface area (Å²) in [5.74, 6) is 2.87. The van der Waals surface area contributed by atoms with E-state index in [0.717, 1.165) is 44.7 Å². The Kier molecular flexibility index (Phi) is 3.16. The fourth-order valence-corrected chi connectivity index (χ4v) is 4.20. The van der Waals surface area contributed by atoms with Crippen LogP contribution in [0.4, 0.5) is 0 Å². The lowest BCUT2D eigenvalue weighted by atomic mass is 9.85. The van der Waals surface area contributed by atoms with Gasteiger partial charge in [0.05, 0.1) is 0 Å². The molecule has 1 spiro atoms. The van der Waals surface area contributed by atoms with Crippen LogP contribution in [0.1, 0.15) is 40.0 Å². The Morgan fingerprint density at radius 3 is 2.89 bits per heavy atom. The number of likely N-dealkylation sites (tertiary alicyclic amines) is 1. The number of aliphatic imine (C=N–C) groups is 1. The van der Waals surface area contributed by atoms with Gasteiger partial charge in [0.1, 0.15) is 11.4 Å². The highest BCUT2D eigenvalue weighted by Gasteiger charge is 2.58. The lowest BCUT2D eigenvalue weighted by Gasteiger charge is -2.26. The normalized spacial score (nSPS) is 38.1. The van der Waals surface area contributed by atoms with Gasteiger partial charge in [0.25, 0.3) is 5.91 Å². The quantitative estimate of drug-likeness (QED) is 0.841. The van der Waals surface area contributed by atoms with E-state index in [2.05, 4.69) is 31.0 Å². The summed E-state index contributed by atoms with van der Waals surface area (Å²) in [5.41, 5.74) is -0.415. The molecule has 3 atom stereocenters. The predicted molar refractivity (Wildman–Crippen MR) is 76.1 cm³/mol. The van der Waals surface area contributed by atoms with E-state index in [9.17, 15) is 4.79 Å². The highest BCUT2D eigenvalue weighted by atomic mass is 16.2. The summed E-state index contributed by atoms with van der Waals surface area (Å²) in [7, 11) is 0. The molecular formula is C15H25N3O. The molecule has 0 unspecified atom stereocenters. The van der Waals surface area contributed by atoms with E-state index in [1.54, 1.807) is 0 Å². The number of nitrogens with zero attached hydrogens (tertiary/aromatic N) is 2. The third-order valence-electron chi connectivity index (χ3n) is 4.97. The van der Waals surface area contributed by atoms with Crippen molar-refractivity contribution in [3.05, 3.63) is 0 Å². The van der Waals surface area contributed by atoms with Crippen molar-refractivity contribution in [3.63, 3.8) is 0 Å². The molecule has 2 aliphatic heterocycles. The van der Waals surface area contributed by atoms with Crippen molar-refractivity contribution in [2.75, 3.05) is 19.6 Å². The monoisotopic (exact) mass is 263 g/mol. The fourth-order valence-electron chi connectivity index (χ4n) is 4.20. The minimum Gasteiger partial charge on any atom is -0.312 e. The molecule has 19 heavy (non-hydrogen) atoms. The third-order valence-corrected chi connectivity index (χ3v) is 4.97. The van der Waals surface area contributed by atoms with E-state index in [4.69, 9.17) is 4.99 Å². The maximum atomic E-state index is 12.4. The van der Waals surface area contributed by atoms with Crippen LogP contribution in [-0.2, 0) is 4.79 Å². The highest BCUT2D eigenvalue weighted by Crippen LogP contribution is 2.48. The summed E-state index contributed by atoms with van der Waals surface area (Å²) in [6.45, 7) is 9.95. The van der Waals surface area contributed by atoms with Gasteiger partial charge in [-0.15, -0.1) is 0 Å². The van der Waals surface area contributed by atoms with Gasteiger partial charge in [-0.3, -0.25) is 9.79 Å². The number of amidine groups is 1. The number of carbonyl (C=O) groups excluding carboxylic acids is 1. The van der Waals surface area contributed by atoms with E-state index in [-0.39, 0.29) is 5.91 Å². The molecule has 1 saturated heterocycles. The van der Waals surface area contributed by atoms with Crippen molar-refractivity contribution in [2.45, 2.75) is 45.6 Å². The zero-order chi connectivity index (χ0) is 13.6. The largest absolute Gasteiger partial charge is 0.312 e. The van der Waals surface area contributed by atoms with Gasteiger partial charge < -0.3 is 10.2 Å². The van der Waals surface area contributed by atoms with Gasteiger partial charge in [-0.1, -0.05) is 20.8 Å². The maximum Gasteiger partial charge on any atom is 0.253 e. The van der Waals surface area contributed by atoms with Gasteiger partial charge in [-0.05, 0) is 24.7 Å².